The Bertz CT molecular complexity index is 1380. The molecule has 3 aliphatic rings. The highest BCUT2D eigenvalue weighted by Gasteiger charge is 2.61. The molecule has 3 saturated carbocycles. The van der Waals surface area contributed by atoms with Crippen molar-refractivity contribution in [2.45, 2.75) is 89.6 Å². The lowest BCUT2D eigenvalue weighted by Gasteiger charge is -2.45. The third-order valence-corrected chi connectivity index (χ3v) is 9.79. The molecule has 0 aliphatic heterocycles. The SMILES string of the molecule is COc1ccc(NC(=O)C2(N(C(=O)CC3C(c4c(C)[nH]c5ccccc45)C3(C)C)C3CC3)CCCCC2)cc1. The van der Waals surface area contributed by atoms with E-state index in [0.717, 1.165) is 61.9 Å². The van der Waals surface area contributed by atoms with Crippen LogP contribution in [0.3, 0.4) is 0 Å². The number of nitrogens with one attached hydrogen (secondary N) is 2. The molecule has 6 nitrogen and oxygen atoms in total. The highest BCUT2D eigenvalue weighted by atomic mass is 16.5. The second-order valence-electron chi connectivity index (χ2n) is 12.6. The van der Waals surface area contributed by atoms with Gasteiger partial charge in [-0.3, -0.25) is 9.59 Å². The Morgan fingerprint density at radius 2 is 1.72 bits per heavy atom. The van der Waals surface area contributed by atoms with Crippen LogP contribution >= 0.6 is 0 Å². The molecule has 2 N–H and O–H groups in total. The van der Waals surface area contributed by atoms with Gasteiger partial charge < -0.3 is 19.9 Å². The van der Waals surface area contributed by atoms with E-state index < -0.39 is 5.54 Å². The average Bonchev–Trinajstić information content (AvgIpc) is 3.82. The van der Waals surface area contributed by atoms with Crippen molar-refractivity contribution >= 4 is 28.4 Å². The molecule has 6 heteroatoms. The molecule has 2 amide bonds. The standard InChI is InChI=1S/C33H41N3O3/c1-21-29(25-10-6-7-11-27(25)34-21)30-26(32(30,2)3)20-28(37)36(23-14-15-23)33(18-8-5-9-19-33)31(38)35-22-12-16-24(39-4)17-13-22/h6-7,10-13,16-17,23,26,30,34H,5,8-9,14-15,18-20H2,1-4H3,(H,35,38). The van der Waals surface area contributed by atoms with Gasteiger partial charge in [0, 0.05) is 34.7 Å². The lowest BCUT2D eigenvalue weighted by molar-refractivity contribution is -0.149. The van der Waals surface area contributed by atoms with E-state index in [1.165, 1.54) is 16.6 Å². The normalized spacial score (nSPS) is 23.3. The van der Waals surface area contributed by atoms with Gasteiger partial charge >= 0.3 is 0 Å². The van der Waals surface area contributed by atoms with Crippen LogP contribution in [0.5, 0.6) is 5.75 Å². The van der Waals surface area contributed by atoms with Gasteiger partial charge in [0.2, 0.25) is 11.8 Å². The Balaban J connectivity index is 1.27. The number of fused-ring (bicyclic) bond motifs is 1. The highest BCUT2D eigenvalue weighted by Crippen LogP contribution is 2.67. The molecule has 0 radical (unpaired) electrons. The Labute approximate surface area is 231 Å². The van der Waals surface area contributed by atoms with Gasteiger partial charge in [0.05, 0.1) is 7.11 Å². The summed E-state index contributed by atoms with van der Waals surface area (Å²) in [6, 6.07) is 16.1. The number of hydrogen-bond donors (Lipinski definition) is 2. The number of anilines is 1. The van der Waals surface area contributed by atoms with Crippen molar-refractivity contribution in [3.63, 3.8) is 0 Å². The van der Waals surface area contributed by atoms with Crippen molar-refractivity contribution in [1.29, 1.82) is 0 Å². The van der Waals surface area contributed by atoms with E-state index >= 15 is 0 Å². The zero-order chi connectivity index (χ0) is 27.4. The predicted molar refractivity (Wildman–Crippen MR) is 155 cm³/mol. The van der Waals surface area contributed by atoms with Crippen LogP contribution < -0.4 is 10.1 Å². The molecule has 2 atom stereocenters. The number of amides is 2. The summed E-state index contributed by atoms with van der Waals surface area (Å²) < 4.78 is 5.28. The van der Waals surface area contributed by atoms with E-state index in [-0.39, 0.29) is 29.2 Å². The number of H-pyrrole nitrogens is 1. The molecular weight excluding hydrogens is 486 g/mol. The molecule has 3 aromatic rings. The molecule has 6 rings (SSSR count). The van der Waals surface area contributed by atoms with Crippen molar-refractivity contribution in [3.8, 4) is 5.75 Å². The summed E-state index contributed by atoms with van der Waals surface area (Å²) in [4.78, 5) is 34.0. The molecule has 0 saturated heterocycles. The smallest absolute Gasteiger partial charge is 0.250 e. The Hall–Kier alpha value is -3.28. The first-order valence-electron chi connectivity index (χ1n) is 14.6. The summed E-state index contributed by atoms with van der Waals surface area (Å²) >= 11 is 0. The molecule has 1 aromatic heterocycles. The maximum atomic E-state index is 14.3. The first-order chi connectivity index (χ1) is 18.8. The number of para-hydroxylation sites is 1. The number of benzene rings is 2. The van der Waals surface area contributed by atoms with Crippen molar-refractivity contribution in [1.82, 2.24) is 9.88 Å². The van der Waals surface area contributed by atoms with Gasteiger partial charge in [0.1, 0.15) is 11.3 Å². The average molecular weight is 528 g/mol. The van der Waals surface area contributed by atoms with Crippen LogP contribution in [0.2, 0.25) is 0 Å². The number of ether oxygens (including phenoxy) is 1. The van der Waals surface area contributed by atoms with Gasteiger partial charge in [-0.25, -0.2) is 0 Å². The fourth-order valence-electron chi connectivity index (χ4n) is 7.44. The minimum Gasteiger partial charge on any atom is -0.497 e. The number of rotatable bonds is 8. The number of nitrogens with zero attached hydrogens (tertiary/aromatic N) is 1. The molecule has 206 valence electrons. The van der Waals surface area contributed by atoms with Crippen LogP contribution in [0, 0.1) is 18.3 Å². The number of aromatic nitrogens is 1. The van der Waals surface area contributed by atoms with Gasteiger partial charge in [0.15, 0.2) is 0 Å². The van der Waals surface area contributed by atoms with E-state index in [9.17, 15) is 9.59 Å². The van der Waals surface area contributed by atoms with Gasteiger partial charge in [-0.1, -0.05) is 51.3 Å². The molecule has 0 spiro atoms. The summed E-state index contributed by atoms with van der Waals surface area (Å²) in [5.74, 6) is 1.46. The number of hydrogen-bond acceptors (Lipinski definition) is 3. The van der Waals surface area contributed by atoms with Crippen LogP contribution in [0.4, 0.5) is 5.69 Å². The van der Waals surface area contributed by atoms with Gasteiger partial charge in [-0.2, -0.15) is 0 Å². The molecule has 2 aromatic carbocycles. The zero-order valence-corrected chi connectivity index (χ0v) is 23.7. The third kappa shape index (κ3) is 4.52. The Kier molecular flexibility index (Phi) is 6.47. The fraction of sp³-hybridized carbons (Fsp3) is 0.515. The second-order valence-corrected chi connectivity index (χ2v) is 12.6. The van der Waals surface area contributed by atoms with Crippen molar-refractivity contribution in [2.24, 2.45) is 11.3 Å². The summed E-state index contributed by atoms with van der Waals surface area (Å²) in [6.07, 6.45) is 6.99. The molecule has 39 heavy (non-hydrogen) atoms. The van der Waals surface area contributed by atoms with Crippen LogP contribution in [0.25, 0.3) is 10.9 Å². The largest absolute Gasteiger partial charge is 0.497 e. The van der Waals surface area contributed by atoms with E-state index in [0.29, 0.717) is 12.3 Å². The lowest BCUT2D eigenvalue weighted by atomic mass is 9.78. The van der Waals surface area contributed by atoms with E-state index in [4.69, 9.17) is 4.74 Å². The van der Waals surface area contributed by atoms with E-state index in [1.54, 1.807) is 7.11 Å². The molecule has 1 heterocycles. The number of aromatic amines is 1. The topological polar surface area (TPSA) is 74.4 Å². The van der Waals surface area contributed by atoms with Crippen LogP contribution in [-0.2, 0) is 9.59 Å². The monoisotopic (exact) mass is 527 g/mol. The summed E-state index contributed by atoms with van der Waals surface area (Å²) in [7, 11) is 1.63. The quantitative estimate of drug-likeness (QED) is 0.333. The lowest BCUT2D eigenvalue weighted by Crippen LogP contribution is -2.61. The van der Waals surface area contributed by atoms with Crippen molar-refractivity contribution < 1.29 is 14.3 Å². The summed E-state index contributed by atoms with van der Waals surface area (Å²) in [5, 5.41) is 4.44. The fourth-order valence-corrected chi connectivity index (χ4v) is 7.44. The van der Waals surface area contributed by atoms with E-state index in [1.807, 2.05) is 24.3 Å². The number of methoxy groups -OCH3 is 1. The number of aryl methyl sites for hydroxylation is 1. The maximum absolute atomic E-state index is 14.3. The van der Waals surface area contributed by atoms with E-state index in [2.05, 4.69) is 60.2 Å². The van der Waals surface area contributed by atoms with Crippen LogP contribution in [0.1, 0.15) is 82.4 Å². The van der Waals surface area contributed by atoms with Crippen molar-refractivity contribution in [2.75, 3.05) is 12.4 Å². The van der Waals surface area contributed by atoms with Gasteiger partial charge in [-0.05, 0) is 85.8 Å². The zero-order valence-electron chi connectivity index (χ0n) is 23.7. The molecule has 2 unspecified atom stereocenters. The summed E-state index contributed by atoms with van der Waals surface area (Å²) in [6.45, 7) is 6.75. The molecular formula is C33H41N3O3. The first kappa shape index (κ1) is 26.0. The van der Waals surface area contributed by atoms with Crippen LogP contribution in [-0.4, -0.2) is 40.4 Å². The molecule has 0 bridgehead atoms. The Morgan fingerprint density at radius 3 is 2.38 bits per heavy atom. The summed E-state index contributed by atoms with van der Waals surface area (Å²) in [5.41, 5.74) is 3.72. The van der Waals surface area contributed by atoms with Gasteiger partial charge in [0.25, 0.3) is 0 Å². The van der Waals surface area contributed by atoms with Gasteiger partial charge in [-0.15, -0.1) is 0 Å². The van der Waals surface area contributed by atoms with Crippen molar-refractivity contribution in [3.05, 3.63) is 59.8 Å². The first-order valence-corrected chi connectivity index (χ1v) is 14.6. The maximum Gasteiger partial charge on any atom is 0.250 e. The predicted octanol–water partition coefficient (Wildman–Crippen LogP) is 6.95. The third-order valence-electron chi connectivity index (χ3n) is 9.79. The Morgan fingerprint density at radius 1 is 1.03 bits per heavy atom. The highest BCUT2D eigenvalue weighted by molar-refractivity contribution is 6.01. The minimum absolute atomic E-state index is 0.0334. The number of carbonyl (C=O) groups is 2. The number of carbonyl (C=O) groups excluding carboxylic acids is 2. The molecule has 3 aliphatic carbocycles. The minimum atomic E-state index is -0.776. The van der Waals surface area contributed by atoms with Crippen LogP contribution in [0.15, 0.2) is 48.5 Å². The second kappa shape index (κ2) is 9.72. The molecule has 3 fully saturated rings.